The molecule has 0 bridgehead atoms. The van der Waals surface area contributed by atoms with Crippen LogP contribution in [0.25, 0.3) is 11.2 Å². The molecule has 0 saturated heterocycles. The largest absolute Gasteiger partial charge is 0.333 e. The molecule has 3 aromatic rings. The summed E-state index contributed by atoms with van der Waals surface area (Å²) in [6, 6.07) is 9.36. The van der Waals surface area contributed by atoms with Gasteiger partial charge in [0.2, 0.25) is 5.91 Å². The fraction of sp³-hybridized carbons (Fsp3) is 0.435. The maximum Gasteiger partial charge on any atom is 0.333 e. The Bertz CT molecular complexity index is 1280. The van der Waals surface area contributed by atoms with E-state index in [4.69, 9.17) is 0 Å². The molecule has 2 amide bonds. The molecule has 1 fully saturated rings. The lowest BCUT2D eigenvalue weighted by atomic mass is 9.85. The first-order valence-corrected chi connectivity index (χ1v) is 11.2. The lowest BCUT2D eigenvalue weighted by Gasteiger charge is -2.24. The molecule has 1 saturated carbocycles. The molecule has 33 heavy (non-hydrogen) atoms. The summed E-state index contributed by atoms with van der Waals surface area (Å²) in [6.07, 6.45) is 4.13. The van der Waals surface area contributed by atoms with E-state index >= 15 is 0 Å². The SMILES string of the molecule is CC(C)Cn1cnc2c1c(=O)n(CC(=O)NNC(=O)C1CCC1)c(=O)n2Cc1ccccc1. The molecular weight excluding hydrogens is 424 g/mol. The van der Waals surface area contributed by atoms with Gasteiger partial charge < -0.3 is 4.57 Å². The molecular formula is C23H28N6O4. The highest BCUT2D eigenvalue weighted by Crippen LogP contribution is 2.25. The number of imidazole rings is 1. The summed E-state index contributed by atoms with van der Waals surface area (Å²) in [7, 11) is 0. The second kappa shape index (κ2) is 9.43. The van der Waals surface area contributed by atoms with Crippen LogP contribution in [-0.2, 0) is 29.2 Å². The molecule has 2 aromatic heterocycles. The quantitative estimate of drug-likeness (QED) is 0.519. The molecule has 4 rings (SSSR count). The van der Waals surface area contributed by atoms with E-state index in [0.717, 1.165) is 29.4 Å². The summed E-state index contributed by atoms with van der Waals surface area (Å²) in [4.78, 5) is 55.4. The van der Waals surface area contributed by atoms with Gasteiger partial charge in [0.15, 0.2) is 11.2 Å². The highest BCUT2D eigenvalue weighted by atomic mass is 16.2. The minimum atomic E-state index is -0.651. The minimum Gasteiger partial charge on any atom is -0.324 e. The average Bonchev–Trinajstić information content (AvgIpc) is 3.15. The molecule has 2 N–H and O–H groups in total. The maximum atomic E-state index is 13.3. The van der Waals surface area contributed by atoms with Gasteiger partial charge in [0, 0.05) is 12.5 Å². The van der Waals surface area contributed by atoms with E-state index in [1.165, 1.54) is 4.57 Å². The van der Waals surface area contributed by atoms with Crippen LogP contribution in [-0.4, -0.2) is 30.5 Å². The van der Waals surface area contributed by atoms with Gasteiger partial charge in [-0.05, 0) is 24.3 Å². The number of carbonyl (C=O) groups is 2. The number of hydrazine groups is 1. The highest BCUT2D eigenvalue weighted by molar-refractivity contribution is 5.83. The predicted molar refractivity (Wildman–Crippen MR) is 122 cm³/mol. The summed E-state index contributed by atoms with van der Waals surface area (Å²) < 4.78 is 4.02. The van der Waals surface area contributed by atoms with Crippen molar-refractivity contribution >= 4 is 23.0 Å². The lowest BCUT2D eigenvalue weighted by molar-refractivity contribution is -0.133. The van der Waals surface area contributed by atoms with Crippen LogP contribution in [0.4, 0.5) is 0 Å². The number of fused-ring (bicyclic) bond motifs is 1. The zero-order chi connectivity index (χ0) is 23.5. The van der Waals surface area contributed by atoms with E-state index in [-0.39, 0.29) is 35.5 Å². The van der Waals surface area contributed by atoms with Gasteiger partial charge in [0.05, 0.1) is 12.9 Å². The maximum absolute atomic E-state index is 13.3. The van der Waals surface area contributed by atoms with Crippen LogP contribution in [0.15, 0.2) is 46.2 Å². The number of nitrogens with one attached hydrogen (secondary N) is 2. The van der Waals surface area contributed by atoms with Gasteiger partial charge in [-0.15, -0.1) is 0 Å². The number of nitrogens with zero attached hydrogens (tertiary/aromatic N) is 4. The number of rotatable bonds is 7. The van der Waals surface area contributed by atoms with Crippen LogP contribution in [0.1, 0.15) is 38.7 Å². The third-order valence-corrected chi connectivity index (χ3v) is 5.83. The summed E-state index contributed by atoms with van der Waals surface area (Å²) in [6.45, 7) is 4.26. The van der Waals surface area contributed by atoms with E-state index < -0.39 is 23.7 Å². The Hall–Kier alpha value is -3.69. The zero-order valence-corrected chi connectivity index (χ0v) is 18.8. The van der Waals surface area contributed by atoms with E-state index in [9.17, 15) is 19.2 Å². The van der Waals surface area contributed by atoms with E-state index in [0.29, 0.717) is 6.54 Å². The van der Waals surface area contributed by atoms with Crippen LogP contribution in [0, 0.1) is 11.8 Å². The molecule has 1 aliphatic rings. The Morgan fingerprint density at radius 2 is 1.82 bits per heavy atom. The van der Waals surface area contributed by atoms with Crippen LogP contribution in [0.3, 0.4) is 0 Å². The molecule has 0 spiro atoms. The van der Waals surface area contributed by atoms with Crippen molar-refractivity contribution in [2.45, 2.75) is 52.7 Å². The zero-order valence-electron chi connectivity index (χ0n) is 18.8. The minimum absolute atomic E-state index is 0.0992. The number of benzene rings is 1. The number of hydrogen-bond donors (Lipinski definition) is 2. The van der Waals surface area contributed by atoms with Crippen molar-refractivity contribution in [1.29, 1.82) is 0 Å². The van der Waals surface area contributed by atoms with Crippen molar-refractivity contribution in [1.82, 2.24) is 29.5 Å². The Morgan fingerprint density at radius 1 is 1.09 bits per heavy atom. The van der Waals surface area contributed by atoms with E-state index in [1.807, 2.05) is 44.2 Å². The Kier molecular flexibility index (Phi) is 6.43. The topological polar surface area (TPSA) is 120 Å². The van der Waals surface area contributed by atoms with Crippen molar-refractivity contribution in [3.05, 3.63) is 63.1 Å². The van der Waals surface area contributed by atoms with E-state index in [1.54, 1.807) is 10.9 Å². The molecule has 1 aliphatic carbocycles. The molecule has 0 radical (unpaired) electrons. The Labute approximate surface area is 190 Å². The van der Waals surface area contributed by atoms with Crippen molar-refractivity contribution in [2.24, 2.45) is 11.8 Å². The van der Waals surface area contributed by atoms with Crippen LogP contribution in [0.2, 0.25) is 0 Å². The van der Waals surface area contributed by atoms with Crippen molar-refractivity contribution in [3.8, 4) is 0 Å². The van der Waals surface area contributed by atoms with Gasteiger partial charge in [-0.1, -0.05) is 50.6 Å². The van der Waals surface area contributed by atoms with Crippen LogP contribution >= 0.6 is 0 Å². The molecule has 2 heterocycles. The smallest absolute Gasteiger partial charge is 0.324 e. The number of amides is 2. The molecule has 0 unspecified atom stereocenters. The summed E-state index contributed by atoms with van der Waals surface area (Å²) in [5.74, 6) is -0.760. The van der Waals surface area contributed by atoms with Crippen LogP contribution < -0.4 is 22.1 Å². The number of carbonyl (C=O) groups excluding carboxylic acids is 2. The van der Waals surface area contributed by atoms with Gasteiger partial charge in [-0.2, -0.15) is 0 Å². The van der Waals surface area contributed by atoms with Crippen molar-refractivity contribution in [3.63, 3.8) is 0 Å². The fourth-order valence-electron chi connectivity index (χ4n) is 3.91. The van der Waals surface area contributed by atoms with Gasteiger partial charge >= 0.3 is 5.69 Å². The predicted octanol–water partition coefficient (Wildman–Crippen LogP) is 1.01. The summed E-state index contributed by atoms with van der Waals surface area (Å²) in [5.41, 5.74) is 4.91. The summed E-state index contributed by atoms with van der Waals surface area (Å²) in [5, 5.41) is 0. The molecule has 1 aromatic carbocycles. The third kappa shape index (κ3) is 4.74. The van der Waals surface area contributed by atoms with Gasteiger partial charge in [-0.3, -0.25) is 29.8 Å². The first-order chi connectivity index (χ1) is 15.8. The van der Waals surface area contributed by atoms with Crippen molar-refractivity contribution < 1.29 is 9.59 Å². The second-order valence-electron chi connectivity index (χ2n) is 8.87. The molecule has 174 valence electrons. The van der Waals surface area contributed by atoms with Gasteiger partial charge in [0.1, 0.15) is 6.54 Å². The Balaban J connectivity index is 1.69. The molecule has 10 heteroatoms. The normalized spacial score (nSPS) is 13.8. The summed E-state index contributed by atoms with van der Waals surface area (Å²) >= 11 is 0. The third-order valence-electron chi connectivity index (χ3n) is 5.83. The highest BCUT2D eigenvalue weighted by Gasteiger charge is 2.26. The van der Waals surface area contributed by atoms with Gasteiger partial charge in [-0.25, -0.2) is 14.3 Å². The first-order valence-electron chi connectivity index (χ1n) is 11.2. The standard InChI is InChI=1S/C23H28N6O4/c1-15(2)11-27-14-24-20-19(27)22(32)29(13-18(30)25-26-21(31)17-9-6-10-17)23(33)28(20)12-16-7-4-3-5-8-16/h3-5,7-8,14-15,17H,6,9-13H2,1-2H3,(H,25,30)(H,26,31). The first kappa shape index (κ1) is 22.5. The lowest BCUT2D eigenvalue weighted by Crippen LogP contribution is -2.50. The van der Waals surface area contributed by atoms with Crippen molar-refractivity contribution in [2.75, 3.05) is 0 Å². The van der Waals surface area contributed by atoms with Crippen LogP contribution in [0.5, 0.6) is 0 Å². The van der Waals surface area contributed by atoms with Gasteiger partial charge in [0.25, 0.3) is 11.5 Å². The van der Waals surface area contributed by atoms with E-state index in [2.05, 4.69) is 15.8 Å². The monoisotopic (exact) mass is 452 g/mol. The molecule has 10 nitrogen and oxygen atoms in total. The fourth-order valence-corrected chi connectivity index (χ4v) is 3.91. The Morgan fingerprint density at radius 3 is 2.45 bits per heavy atom. The second-order valence-corrected chi connectivity index (χ2v) is 8.87. The number of hydrogen-bond acceptors (Lipinski definition) is 5. The molecule has 0 aliphatic heterocycles. The average molecular weight is 453 g/mol. The number of aromatic nitrogens is 4. The molecule has 0 atom stereocenters.